The molecule has 5 fully saturated rings. The van der Waals surface area contributed by atoms with E-state index in [4.69, 9.17) is 0 Å². The lowest BCUT2D eigenvalue weighted by Gasteiger charge is -2.73. The lowest BCUT2D eigenvalue weighted by molar-refractivity contribution is -0.275. The van der Waals surface area contributed by atoms with Crippen LogP contribution in [-0.2, 0) is 4.79 Å². The van der Waals surface area contributed by atoms with Crippen LogP contribution in [0.25, 0.3) is 0 Å². The fraction of sp³-hybridized carbons (Fsp3) is 0.966. The average Bonchev–Trinajstić information content (AvgIpc) is 3.05. The van der Waals surface area contributed by atoms with Crippen molar-refractivity contribution in [2.75, 3.05) is 0 Å². The number of ketones is 1. The highest BCUT2D eigenvalue weighted by molar-refractivity contribution is 5.79. The van der Waals surface area contributed by atoms with E-state index in [1.54, 1.807) is 0 Å². The van der Waals surface area contributed by atoms with Crippen molar-refractivity contribution in [3.8, 4) is 0 Å². The normalized spacial score (nSPS) is 58.8. The molecule has 0 spiro atoms. The van der Waals surface area contributed by atoms with Gasteiger partial charge < -0.3 is 10.2 Å². The van der Waals surface area contributed by atoms with Crippen molar-refractivity contribution in [2.45, 2.75) is 118 Å². The first-order chi connectivity index (χ1) is 14.7. The van der Waals surface area contributed by atoms with Gasteiger partial charge in [-0.2, -0.15) is 0 Å². The number of aliphatic hydroxyl groups is 2. The van der Waals surface area contributed by atoms with Crippen molar-refractivity contribution in [1.82, 2.24) is 0 Å². The van der Waals surface area contributed by atoms with Crippen molar-refractivity contribution in [3.05, 3.63) is 0 Å². The zero-order chi connectivity index (χ0) is 23.5. The Kier molecular flexibility index (Phi) is 4.99. The van der Waals surface area contributed by atoms with Gasteiger partial charge in [0.05, 0.1) is 12.2 Å². The third-order valence-electron chi connectivity index (χ3n) is 13.3. The molecule has 0 unspecified atom stereocenters. The number of aliphatic hydroxyl groups excluding tert-OH is 2. The minimum Gasteiger partial charge on any atom is -0.393 e. The second-order valence-electron chi connectivity index (χ2n) is 14.6. The molecule has 2 N–H and O–H groups in total. The summed E-state index contributed by atoms with van der Waals surface area (Å²) in [5.74, 6) is 2.17. The Balaban J connectivity index is 1.59. The predicted molar refractivity (Wildman–Crippen MR) is 128 cm³/mol. The van der Waals surface area contributed by atoms with Gasteiger partial charge in [-0.05, 0) is 115 Å². The Labute approximate surface area is 196 Å². The topological polar surface area (TPSA) is 57.5 Å². The molecular weight excluding hydrogens is 396 g/mol. The fourth-order valence-electron chi connectivity index (χ4n) is 11.5. The summed E-state index contributed by atoms with van der Waals surface area (Å²) in [6.07, 6.45) is 9.20. The van der Waals surface area contributed by atoms with Gasteiger partial charge in [-0.3, -0.25) is 4.79 Å². The molecule has 3 nitrogen and oxygen atoms in total. The summed E-state index contributed by atoms with van der Waals surface area (Å²) >= 11 is 0. The molecule has 5 rings (SSSR count). The van der Waals surface area contributed by atoms with Gasteiger partial charge >= 0.3 is 0 Å². The summed E-state index contributed by atoms with van der Waals surface area (Å²) in [5, 5.41) is 22.8. The molecule has 0 aromatic heterocycles. The highest BCUT2D eigenvalue weighted by atomic mass is 16.3. The van der Waals surface area contributed by atoms with Crippen LogP contribution in [0.4, 0.5) is 0 Å². The van der Waals surface area contributed by atoms with E-state index in [2.05, 4.69) is 41.5 Å². The molecule has 5 aliphatic carbocycles. The smallest absolute Gasteiger partial charge is 0.133 e. The van der Waals surface area contributed by atoms with Crippen LogP contribution in [-0.4, -0.2) is 28.2 Å². The number of fused-ring (bicyclic) bond motifs is 7. The summed E-state index contributed by atoms with van der Waals surface area (Å²) < 4.78 is 0. The molecule has 5 saturated carbocycles. The Morgan fingerprint density at radius 2 is 1.50 bits per heavy atom. The van der Waals surface area contributed by atoms with Crippen molar-refractivity contribution in [1.29, 1.82) is 0 Å². The largest absolute Gasteiger partial charge is 0.393 e. The van der Waals surface area contributed by atoms with Gasteiger partial charge in [0, 0.05) is 5.92 Å². The molecule has 0 aromatic carbocycles. The lowest BCUT2D eigenvalue weighted by Crippen LogP contribution is -2.69. The first-order valence-corrected chi connectivity index (χ1v) is 13.6. The van der Waals surface area contributed by atoms with Gasteiger partial charge in [-0.15, -0.1) is 0 Å². The average molecular weight is 445 g/mol. The van der Waals surface area contributed by atoms with Crippen LogP contribution in [0.5, 0.6) is 0 Å². The van der Waals surface area contributed by atoms with Crippen LogP contribution in [0, 0.1) is 56.7 Å². The SMILES string of the molecule is CC(=O)[C@@H]1CC[C@]2(C)CC[C@]3(C)[C@H](C[C@@H](O)[C@@H]4[C@@]5(C)CC[C@H](O)C(C)(C)[C@@H]5CC[C@]43C)[C@@H]12. The van der Waals surface area contributed by atoms with Gasteiger partial charge in [-0.1, -0.05) is 41.5 Å². The van der Waals surface area contributed by atoms with Crippen LogP contribution < -0.4 is 0 Å². The Morgan fingerprint density at radius 1 is 0.812 bits per heavy atom. The standard InChI is InChI=1S/C29H48O3/c1-17(30)18-8-11-26(4)14-15-28(6)19(23(18)26)16-20(31)24-27(5)12-10-22(32)25(2,3)21(27)9-13-29(24,28)7/h18-24,31-32H,8-16H2,1-7H3/t18-,19+,20+,21-,22-,23+,24+,26+,27-,28+,29+/m0/s1. The molecular formula is C29H48O3. The van der Waals surface area contributed by atoms with Crippen molar-refractivity contribution >= 4 is 5.78 Å². The van der Waals surface area contributed by atoms with Crippen LogP contribution in [0.15, 0.2) is 0 Å². The highest BCUT2D eigenvalue weighted by Crippen LogP contribution is 2.77. The van der Waals surface area contributed by atoms with E-state index in [0.717, 1.165) is 38.5 Å². The molecule has 0 radical (unpaired) electrons. The number of hydrogen-bond acceptors (Lipinski definition) is 3. The third kappa shape index (κ3) is 2.65. The van der Waals surface area contributed by atoms with E-state index in [1.165, 1.54) is 19.3 Å². The maximum absolute atomic E-state index is 12.7. The summed E-state index contributed by atoms with van der Waals surface area (Å²) in [5.41, 5.74) is 0.501. The van der Waals surface area contributed by atoms with E-state index in [1.807, 2.05) is 6.92 Å². The van der Waals surface area contributed by atoms with Crippen LogP contribution in [0.3, 0.4) is 0 Å². The number of carbonyl (C=O) groups is 1. The van der Waals surface area contributed by atoms with Crippen LogP contribution >= 0.6 is 0 Å². The van der Waals surface area contributed by atoms with Crippen LogP contribution in [0.1, 0.15) is 106 Å². The molecule has 11 atom stereocenters. The molecule has 182 valence electrons. The van der Waals surface area contributed by atoms with Crippen molar-refractivity contribution in [2.24, 2.45) is 56.7 Å². The van der Waals surface area contributed by atoms with Gasteiger partial charge in [0.1, 0.15) is 5.78 Å². The van der Waals surface area contributed by atoms with Crippen LogP contribution in [0.2, 0.25) is 0 Å². The predicted octanol–water partition coefficient (Wildman–Crippen LogP) is 6.01. The van der Waals surface area contributed by atoms with Gasteiger partial charge in [-0.25, -0.2) is 0 Å². The second kappa shape index (κ2) is 6.84. The highest BCUT2D eigenvalue weighted by Gasteiger charge is 2.72. The monoisotopic (exact) mass is 444 g/mol. The Hall–Kier alpha value is -0.410. The first-order valence-electron chi connectivity index (χ1n) is 13.6. The summed E-state index contributed by atoms with van der Waals surface area (Å²) in [4.78, 5) is 12.7. The first kappa shape index (κ1) is 23.3. The van der Waals surface area contributed by atoms with Gasteiger partial charge in [0.15, 0.2) is 0 Å². The molecule has 0 aromatic rings. The maximum atomic E-state index is 12.7. The number of rotatable bonds is 1. The third-order valence-corrected chi connectivity index (χ3v) is 13.3. The molecule has 3 heteroatoms. The van der Waals surface area contributed by atoms with E-state index in [9.17, 15) is 15.0 Å². The van der Waals surface area contributed by atoms with Crippen molar-refractivity contribution in [3.63, 3.8) is 0 Å². The quantitative estimate of drug-likeness (QED) is 0.521. The lowest BCUT2D eigenvalue weighted by atomic mass is 9.32. The molecule has 0 amide bonds. The zero-order valence-electron chi connectivity index (χ0n) is 21.7. The summed E-state index contributed by atoms with van der Waals surface area (Å²) in [6.45, 7) is 16.3. The molecule has 0 bridgehead atoms. The van der Waals surface area contributed by atoms with Gasteiger partial charge in [0.25, 0.3) is 0 Å². The van der Waals surface area contributed by atoms with Crippen molar-refractivity contribution < 1.29 is 15.0 Å². The Bertz CT molecular complexity index is 804. The molecule has 5 aliphatic rings. The number of carbonyl (C=O) groups excluding carboxylic acids is 1. The maximum Gasteiger partial charge on any atom is 0.133 e. The zero-order valence-corrected chi connectivity index (χ0v) is 21.7. The fourth-order valence-corrected chi connectivity index (χ4v) is 11.5. The summed E-state index contributed by atoms with van der Waals surface area (Å²) in [6, 6.07) is 0. The second-order valence-corrected chi connectivity index (χ2v) is 14.6. The minimum absolute atomic E-state index is 0.0690. The van der Waals surface area contributed by atoms with E-state index in [-0.39, 0.29) is 51.1 Å². The Morgan fingerprint density at radius 3 is 2.16 bits per heavy atom. The molecule has 0 saturated heterocycles. The minimum atomic E-state index is -0.299. The molecule has 0 heterocycles. The summed E-state index contributed by atoms with van der Waals surface area (Å²) in [7, 11) is 0. The van der Waals surface area contributed by atoms with Gasteiger partial charge in [0.2, 0.25) is 0 Å². The molecule has 0 aliphatic heterocycles. The number of hydrogen-bond donors (Lipinski definition) is 2. The number of Topliss-reactive ketones (excluding diaryl/α,β-unsaturated/α-hetero) is 1. The van der Waals surface area contributed by atoms with E-state index >= 15 is 0 Å². The van der Waals surface area contributed by atoms with E-state index in [0.29, 0.717) is 23.5 Å². The molecule has 32 heavy (non-hydrogen) atoms. The van der Waals surface area contributed by atoms with E-state index < -0.39 is 0 Å².